The topological polar surface area (TPSA) is 61.8 Å². The van der Waals surface area contributed by atoms with Crippen LogP contribution in [0.1, 0.15) is 38.8 Å². The monoisotopic (exact) mass is 342 g/mol. The minimum absolute atomic E-state index is 0.00759. The van der Waals surface area contributed by atoms with Crippen molar-refractivity contribution in [3.63, 3.8) is 0 Å². The first-order valence-corrected chi connectivity index (χ1v) is 7.87. The largest absolute Gasteiger partial charge is 0.496 e. The molecule has 0 aliphatic rings. The Morgan fingerprint density at radius 1 is 1.22 bits per heavy atom. The number of aryl methyl sites for hydroxylation is 1. The standard InChI is InChI=1S/C17H23ClO5/c1-6-11-8-12(18)9-14(21-5)13(11)10-15(19)23-17(3,4)16(20)22-7-2/h8-9H,6-7,10H2,1-5H3. The molecule has 0 saturated heterocycles. The molecule has 0 aromatic heterocycles. The summed E-state index contributed by atoms with van der Waals surface area (Å²) in [7, 11) is 1.52. The minimum atomic E-state index is -1.33. The Morgan fingerprint density at radius 2 is 1.87 bits per heavy atom. The first kappa shape index (κ1) is 19.3. The molecule has 0 spiro atoms. The predicted molar refractivity (Wildman–Crippen MR) is 87.9 cm³/mol. The van der Waals surface area contributed by atoms with Crippen molar-refractivity contribution >= 4 is 23.5 Å². The Kier molecular flexibility index (Phi) is 6.88. The zero-order chi connectivity index (χ0) is 17.6. The second-order valence-corrected chi connectivity index (χ2v) is 5.92. The van der Waals surface area contributed by atoms with E-state index in [9.17, 15) is 9.59 Å². The van der Waals surface area contributed by atoms with Gasteiger partial charge in [0.1, 0.15) is 5.75 Å². The summed E-state index contributed by atoms with van der Waals surface area (Å²) in [6, 6.07) is 3.45. The molecule has 0 radical (unpaired) electrons. The van der Waals surface area contributed by atoms with Crippen LogP contribution in [0.25, 0.3) is 0 Å². The van der Waals surface area contributed by atoms with E-state index in [0.29, 0.717) is 22.8 Å². The lowest BCUT2D eigenvalue weighted by molar-refractivity contribution is -0.177. The summed E-state index contributed by atoms with van der Waals surface area (Å²) in [6.45, 7) is 6.89. The highest BCUT2D eigenvalue weighted by Gasteiger charge is 2.34. The molecule has 0 bridgehead atoms. The molecule has 5 nitrogen and oxygen atoms in total. The highest BCUT2D eigenvalue weighted by atomic mass is 35.5. The van der Waals surface area contributed by atoms with Crippen molar-refractivity contribution in [1.82, 2.24) is 0 Å². The highest BCUT2D eigenvalue weighted by Crippen LogP contribution is 2.29. The van der Waals surface area contributed by atoms with Crippen molar-refractivity contribution in [2.24, 2.45) is 0 Å². The van der Waals surface area contributed by atoms with Crippen molar-refractivity contribution in [2.45, 2.75) is 46.1 Å². The van der Waals surface area contributed by atoms with Gasteiger partial charge in [0, 0.05) is 10.6 Å². The quantitative estimate of drug-likeness (QED) is 0.711. The van der Waals surface area contributed by atoms with E-state index < -0.39 is 17.5 Å². The molecule has 0 fully saturated rings. The number of hydrogen-bond donors (Lipinski definition) is 0. The van der Waals surface area contributed by atoms with E-state index in [1.165, 1.54) is 21.0 Å². The number of hydrogen-bond acceptors (Lipinski definition) is 5. The summed E-state index contributed by atoms with van der Waals surface area (Å²) in [6.07, 6.45) is 0.688. The molecule has 0 heterocycles. The summed E-state index contributed by atoms with van der Waals surface area (Å²) in [5.41, 5.74) is 0.281. The normalized spacial score (nSPS) is 11.0. The average Bonchev–Trinajstić information content (AvgIpc) is 2.48. The summed E-state index contributed by atoms with van der Waals surface area (Å²) in [5.74, 6) is -0.578. The Morgan fingerprint density at radius 3 is 2.39 bits per heavy atom. The van der Waals surface area contributed by atoms with Crippen LogP contribution in [0.5, 0.6) is 5.75 Å². The third-order valence-corrected chi connectivity index (χ3v) is 3.54. The van der Waals surface area contributed by atoms with Crippen LogP contribution in [-0.2, 0) is 31.9 Å². The van der Waals surface area contributed by atoms with Gasteiger partial charge in [0.25, 0.3) is 0 Å². The zero-order valence-corrected chi connectivity index (χ0v) is 15.0. The van der Waals surface area contributed by atoms with Crippen LogP contribution in [0.2, 0.25) is 5.02 Å². The minimum Gasteiger partial charge on any atom is -0.496 e. The molecule has 1 aromatic rings. The van der Waals surface area contributed by atoms with E-state index in [-0.39, 0.29) is 13.0 Å². The lowest BCUT2D eigenvalue weighted by Crippen LogP contribution is -2.39. The van der Waals surface area contributed by atoms with Gasteiger partial charge in [0.15, 0.2) is 0 Å². The van der Waals surface area contributed by atoms with Crippen molar-refractivity contribution < 1.29 is 23.8 Å². The van der Waals surface area contributed by atoms with Crippen molar-refractivity contribution in [3.05, 3.63) is 28.3 Å². The van der Waals surface area contributed by atoms with Crippen LogP contribution in [0.4, 0.5) is 0 Å². The van der Waals surface area contributed by atoms with Gasteiger partial charge in [-0.25, -0.2) is 4.79 Å². The summed E-state index contributed by atoms with van der Waals surface area (Å²) < 4.78 is 15.5. The molecule has 0 aliphatic carbocycles. The molecule has 0 N–H and O–H groups in total. The van der Waals surface area contributed by atoms with Gasteiger partial charge < -0.3 is 14.2 Å². The third kappa shape index (κ3) is 5.13. The Labute approximate surface area is 141 Å². The Balaban J connectivity index is 2.95. The van der Waals surface area contributed by atoms with Crippen molar-refractivity contribution in [1.29, 1.82) is 0 Å². The van der Waals surface area contributed by atoms with Crippen LogP contribution in [0.15, 0.2) is 12.1 Å². The zero-order valence-electron chi connectivity index (χ0n) is 14.2. The van der Waals surface area contributed by atoms with Gasteiger partial charge in [-0.2, -0.15) is 0 Å². The number of benzene rings is 1. The number of methoxy groups -OCH3 is 1. The maximum atomic E-state index is 12.2. The third-order valence-electron chi connectivity index (χ3n) is 3.32. The predicted octanol–water partition coefficient (Wildman–Crippen LogP) is 3.34. The van der Waals surface area contributed by atoms with Crippen molar-refractivity contribution in [3.8, 4) is 5.75 Å². The fourth-order valence-corrected chi connectivity index (χ4v) is 2.41. The number of ether oxygens (including phenoxy) is 3. The van der Waals surface area contributed by atoms with Gasteiger partial charge in [0.2, 0.25) is 5.60 Å². The van der Waals surface area contributed by atoms with Crippen LogP contribution in [0.3, 0.4) is 0 Å². The number of rotatable bonds is 7. The number of carbonyl (C=O) groups excluding carboxylic acids is 2. The van der Waals surface area contributed by atoms with Crippen LogP contribution in [-0.4, -0.2) is 31.3 Å². The Hall–Kier alpha value is -1.75. The van der Waals surface area contributed by atoms with Crippen LogP contribution >= 0.6 is 11.6 Å². The molecule has 23 heavy (non-hydrogen) atoms. The van der Waals surface area contributed by atoms with E-state index >= 15 is 0 Å². The van der Waals surface area contributed by atoms with E-state index in [1.807, 2.05) is 6.92 Å². The lowest BCUT2D eigenvalue weighted by atomic mass is 10.0. The summed E-state index contributed by atoms with van der Waals surface area (Å²) in [4.78, 5) is 24.0. The van der Waals surface area contributed by atoms with E-state index in [0.717, 1.165) is 5.56 Å². The van der Waals surface area contributed by atoms with Gasteiger partial charge in [-0.3, -0.25) is 4.79 Å². The van der Waals surface area contributed by atoms with Gasteiger partial charge in [0.05, 0.1) is 20.1 Å². The molecule has 0 saturated carbocycles. The molecule has 128 valence electrons. The fourth-order valence-electron chi connectivity index (χ4n) is 2.18. The maximum Gasteiger partial charge on any atom is 0.349 e. The first-order chi connectivity index (χ1) is 10.7. The fraction of sp³-hybridized carbons (Fsp3) is 0.529. The van der Waals surface area contributed by atoms with Gasteiger partial charge in [-0.1, -0.05) is 18.5 Å². The number of carbonyl (C=O) groups is 2. The molecule has 1 rings (SSSR count). The molecule has 0 unspecified atom stereocenters. The Bertz CT molecular complexity index is 555. The second-order valence-electron chi connectivity index (χ2n) is 5.48. The summed E-state index contributed by atoms with van der Waals surface area (Å²) >= 11 is 6.04. The molecule has 0 atom stereocenters. The smallest absolute Gasteiger partial charge is 0.349 e. The highest BCUT2D eigenvalue weighted by molar-refractivity contribution is 6.30. The molecule has 0 amide bonds. The second kappa shape index (κ2) is 8.20. The summed E-state index contributed by atoms with van der Waals surface area (Å²) in [5, 5.41) is 0.544. The maximum absolute atomic E-state index is 12.2. The molecule has 1 aromatic carbocycles. The van der Waals surface area contributed by atoms with Crippen LogP contribution in [0, 0.1) is 0 Å². The van der Waals surface area contributed by atoms with E-state index in [2.05, 4.69) is 0 Å². The van der Waals surface area contributed by atoms with E-state index in [4.69, 9.17) is 25.8 Å². The number of halogens is 1. The van der Waals surface area contributed by atoms with Gasteiger partial charge >= 0.3 is 11.9 Å². The molecule has 6 heteroatoms. The lowest BCUT2D eigenvalue weighted by Gasteiger charge is -2.23. The van der Waals surface area contributed by atoms with E-state index in [1.54, 1.807) is 19.1 Å². The van der Waals surface area contributed by atoms with Gasteiger partial charge in [-0.05, 0) is 44.9 Å². The van der Waals surface area contributed by atoms with Gasteiger partial charge in [-0.15, -0.1) is 0 Å². The number of esters is 2. The van der Waals surface area contributed by atoms with Crippen LogP contribution < -0.4 is 4.74 Å². The molecular weight excluding hydrogens is 320 g/mol. The molecule has 0 aliphatic heterocycles. The van der Waals surface area contributed by atoms with Crippen molar-refractivity contribution in [2.75, 3.05) is 13.7 Å². The first-order valence-electron chi connectivity index (χ1n) is 7.49. The molecular formula is C17H23ClO5. The average molecular weight is 343 g/mol. The SMILES string of the molecule is CCOC(=O)C(C)(C)OC(=O)Cc1c(CC)cc(Cl)cc1OC.